The molecule has 1 aromatic rings. The van der Waals surface area contributed by atoms with Crippen LogP contribution >= 0.6 is 12.4 Å². The Morgan fingerprint density at radius 2 is 1.82 bits per heavy atom. The molecule has 156 valence electrons. The number of hydrogen-bond donors (Lipinski definition) is 1. The molecule has 3 saturated heterocycles. The molecule has 0 amide bonds. The van der Waals surface area contributed by atoms with Gasteiger partial charge in [0.15, 0.2) is 0 Å². The quantitative estimate of drug-likeness (QED) is 0.783. The van der Waals surface area contributed by atoms with Gasteiger partial charge in [0.1, 0.15) is 5.78 Å². The maximum Gasteiger partial charge on any atom is 0.137 e. The van der Waals surface area contributed by atoms with Crippen molar-refractivity contribution in [1.29, 1.82) is 0 Å². The summed E-state index contributed by atoms with van der Waals surface area (Å²) >= 11 is 0. The van der Waals surface area contributed by atoms with E-state index in [4.69, 9.17) is 0 Å². The average molecular weight is 406 g/mol. The third-order valence-electron chi connectivity index (χ3n) is 6.91. The molecule has 0 aromatic heterocycles. The molecule has 3 aliphatic rings. The molecular weight excluding hydrogens is 370 g/mol. The molecule has 0 unspecified atom stereocenters. The topological polar surface area (TPSA) is 35.6 Å². The molecule has 3 heterocycles. The fourth-order valence-corrected chi connectivity index (χ4v) is 5.28. The molecule has 28 heavy (non-hydrogen) atoms. The lowest BCUT2D eigenvalue weighted by Gasteiger charge is -2.28. The Bertz CT molecular complexity index is 629. The lowest BCUT2D eigenvalue weighted by molar-refractivity contribution is -0.119. The first-order valence-corrected chi connectivity index (χ1v) is 11.0. The van der Waals surface area contributed by atoms with Crippen LogP contribution in [0.2, 0.25) is 0 Å². The fourth-order valence-electron chi connectivity index (χ4n) is 5.28. The number of halogens is 1. The summed E-state index contributed by atoms with van der Waals surface area (Å²) in [4.78, 5) is 17.6. The lowest BCUT2D eigenvalue weighted by atomic mass is 9.91. The highest BCUT2D eigenvalue weighted by atomic mass is 35.5. The molecule has 1 N–H and O–H groups in total. The Kier molecular flexibility index (Phi) is 7.78. The van der Waals surface area contributed by atoms with Gasteiger partial charge in [-0.2, -0.15) is 0 Å². The second-order valence-corrected chi connectivity index (χ2v) is 8.90. The van der Waals surface area contributed by atoms with E-state index in [1.165, 1.54) is 37.1 Å². The summed E-state index contributed by atoms with van der Waals surface area (Å²) in [5.41, 5.74) is 2.49. The van der Waals surface area contributed by atoms with Crippen LogP contribution in [0, 0.1) is 5.92 Å². The fraction of sp³-hybridized carbons (Fsp3) is 0.696. The number of Topliss-reactive ketones (excluding diaryl/α,β-unsaturated/α-hetero) is 1. The predicted octanol–water partition coefficient (Wildman–Crippen LogP) is 3.67. The smallest absolute Gasteiger partial charge is 0.137 e. The summed E-state index contributed by atoms with van der Waals surface area (Å²) in [6.07, 6.45) is 7.64. The summed E-state index contributed by atoms with van der Waals surface area (Å²) in [6.45, 7) is 8.10. The number of carbonyl (C=O) groups excluding carboxylic acids is 1. The van der Waals surface area contributed by atoms with Gasteiger partial charge in [-0.15, -0.1) is 12.4 Å². The van der Waals surface area contributed by atoms with Crippen molar-refractivity contribution in [3.63, 3.8) is 0 Å². The van der Waals surface area contributed by atoms with Gasteiger partial charge in [0, 0.05) is 43.7 Å². The van der Waals surface area contributed by atoms with Crippen LogP contribution in [0.4, 0.5) is 5.69 Å². The van der Waals surface area contributed by atoms with Crippen LogP contribution in [0.15, 0.2) is 24.3 Å². The van der Waals surface area contributed by atoms with Gasteiger partial charge < -0.3 is 10.2 Å². The summed E-state index contributed by atoms with van der Waals surface area (Å²) in [6, 6.07) is 10.3. The molecule has 1 aromatic carbocycles. The van der Waals surface area contributed by atoms with Gasteiger partial charge >= 0.3 is 0 Å². The number of nitrogens with zero attached hydrogens (tertiary/aromatic N) is 2. The normalized spacial score (nSPS) is 26.4. The highest BCUT2D eigenvalue weighted by Gasteiger charge is 2.32. The number of likely N-dealkylation sites (tertiary alicyclic amines) is 1. The van der Waals surface area contributed by atoms with Crippen molar-refractivity contribution < 1.29 is 4.79 Å². The zero-order chi connectivity index (χ0) is 18.6. The van der Waals surface area contributed by atoms with Crippen molar-refractivity contribution in [3.8, 4) is 0 Å². The number of nitrogens with one attached hydrogen (secondary N) is 1. The van der Waals surface area contributed by atoms with Crippen molar-refractivity contribution >= 4 is 23.9 Å². The number of ketones is 1. The van der Waals surface area contributed by atoms with Crippen molar-refractivity contribution in [2.45, 2.75) is 64.0 Å². The van der Waals surface area contributed by atoms with E-state index < -0.39 is 0 Å². The van der Waals surface area contributed by atoms with Crippen LogP contribution in [0.1, 0.15) is 51.0 Å². The average Bonchev–Trinajstić information content (AvgIpc) is 3.32. The Morgan fingerprint density at radius 3 is 2.50 bits per heavy atom. The molecular formula is C23H36ClN3O. The van der Waals surface area contributed by atoms with Crippen molar-refractivity contribution in [2.75, 3.05) is 37.6 Å². The molecule has 2 atom stereocenters. The van der Waals surface area contributed by atoms with Crippen molar-refractivity contribution in [1.82, 2.24) is 10.2 Å². The van der Waals surface area contributed by atoms with Gasteiger partial charge in [0.25, 0.3) is 0 Å². The number of carbonyl (C=O) groups is 1. The van der Waals surface area contributed by atoms with Crippen LogP contribution in [-0.2, 0) is 11.2 Å². The predicted molar refractivity (Wildman–Crippen MR) is 119 cm³/mol. The molecule has 0 spiro atoms. The molecule has 3 aliphatic heterocycles. The van der Waals surface area contributed by atoms with Gasteiger partial charge in [-0.3, -0.25) is 9.69 Å². The summed E-state index contributed by atoms with van der Waals surface area (Å²) < 4.78 is 0. The SMILES string of the molecule is C[C@H]1CCCN1[C@H]1CCN(c2ccc(CC(=O)CC3CCNCC3)cc2)C1.Cl. The van der Waals surface area contributed by atoms with Gasteiger partial charge in [-0.05, 0) is 82.3 Å². The van der Waals surface area contributed by atoms with Gasteiger partial charge in [0.2, 0.25) is 0 Å². The van der Waals surface area contributed by atoms with Gasteiger partial charge in [0.05, 0.1) is 0 Å². The van der Waals surface area contributed by atoms with Crippen LogP contribution in [0.3, 0.4) is 0 Å². The molecule has 4 nitrogen and oxygen atoms in total. The lowest BCUT2D eigenvalue weighted by Crippen LogP contribution is -2.39. The molecule has 3 fully saturated rings. The van der Waals surface area contributed by atoms with Crippen LogP contribution in [0.25, 0.3) is 0 Å². The molecule has 0 radical (unpaired) electrons. The highest BCUT2D eigenvalue weighted by molar-refractivity contribution is 5.85. The van der Waals surface area contributed by atoms with E-state index >= 15 is 0 Å². The van der Waals surface area contributed by atoms with Gasteiger partial charge in [-0.1, -0.05) is 12.1 Å². The van der Waals surface area contributed by atoms with E-state index in [2.05, 4.69) is 46.3 Å². The summed E-state index contributed by atoms with van der Waals surface area (Å²) in [5.74, 6) is 0.992. The second kappa shape index (κ2) is 10.1. The minimum Gasteiger partial charge on any atom is -0.370 e. The van der Waals surface area contributed by atoms with Crippen LogP contribution < -0.4 is 10.2 Å². The number of anilines is 1. The zero-order valence-electron chi connectivity index (χ0n) is 17.2. The highest BCUT2D eigenvalue weighted by Crippen LogP contribution is 2.28. The molecule has 0 bridgehead atoms. The Balaban J connectivity index is 0.00000225. The molecule has 0 saturated carbocycles. The first kappa shape index (κ1) is 21.6. The van der Waals surface area contributed by atoms with E-state index in [0.29, 0.717) is 24.2 Å². The Hall–Kier alpha value is -1.10. The van der Waals surface area contributed by atoms with Crippen molar-refractivity contribution in [2.24, 2.45) is 5.92 Å². The molecule has 5 heteroatoms. The third kappa shape index (κ3) is 5.28. The monoisotopic (exact) mass is 405 g/mol. The number of hydrogen-bond acceptors (Lipinski definition) is 4. The first-order chi connectivity index (χ1) is 13.2. The van der Waals surface area contributed by atoms with Gasteiger partial charge in [-0.25, -0.2) is 0 Å². The summed E-state index contributed by atoms with van der Waals surface area (Å²) in [7, 11) is 0. The maximum absolute atomic E-state index is 12.4. The van der Waals surface area contributed by atoms with E-state index in [9.17, 15) is 4.79 Å². The second-order valence-electron chi connectivity index (χ2n) is 8.90. The Labute approximate surface area is 176 Å². The van der Waals surface area contributed by atoms with E-state index in [1.54, 1.807) is 0 Å². The van der Waals surface area contributed by atoms with Crippen molar-refractivity contribution in [3.05, 3.63) is 29.8 Å². The number of piperidine rings is 1. The zero-order valence-corrected chi connectivity index (χ0v) is 18.1. The summed E-state index contributed by atoms with van der Waals surface area (Å²) in [5, 5.41) is 3.37. The van der Waals surface area contributed by atoms with E-state index in [1.807, 2.05) is 0 Å². The molecule has 0 aliphatic carbocycles. The van der Waals surface area contributed by atoms with E-state index in [-0.39, 0.29) is 12.4 Å². The van der Waals surface area contributed by atoms with E-state index in [0.717, 1.165) is 51.5 Å². The first-order valence-electron chi connectivity index (χ1n) is 11.0. The standard InChI is InChI=1S/C23H35N3O.ClH/c1-18-3-2-13-26(18)22-10-14-25(17-22)21-6-4-19(5-7-21)15-23(27)16-20-8-11-24-12-9-20;/h4-7,18,20,22,24H,2-3,8-17H2,1H3;1H/t18-,22-;/m0./s1. The minimum absolute atomic E-state index is 0. The largest absolute Gasteiger partial charge is 0.370 e. The Morgan fingerprint density at radius 1 is 1.07 bits per heavy atom. The number of rotatable bonds is 6. The third-order valence-corrected chi connectivity index (χ3v) is 6.91. The minimum atomic E-state index is 0. The number of benzene rings is 1. The van der Waals surface area contributed by atoms with Crippen LogP contribution in [-0.4, -0.2) is 55.5 Å². The molecule has 4 rings (SSSR count). The van der Waals surface area contributed by atoms with Crippen LogP contribution in [0.5, 0.6) is 0 Å². The maximum atomic E-state index is 12.4.